The standard InChI is InChI=1S/C16H24ClNO3/c1-2-3-9-20-10-8-18-11-16(19)13-21-12-14-4-6-15(17)7-5-14/h2,4-7,16,18-19H,1,3,8-13H2. The van der Waals surface area contributed by atoms with Crippen molar-refractivity contribution >= 4 is 11.6 Å². The Hall–Kier alpha value is -0.910. The normalized spacial score (nSPS) is 12.3. The molecule has 1 atom stereocenters. The summed E-state index contributed by atoms with van der Waals surface area (Å²) in [4.78, 5) is 0. The Morgan fingerprint density at radius 3 is 2.71 bits per heavy atom. The van der Waals surface area contributed by atoms with E-state index in [-0.39, 0.29) is 0 Å². The van der Waals surface area contributed by atoms with Gasteiger partial charge in [0.2, 0.25) is 0 Å². The Bertz CT molecular complexity index is 384. The lowest BCUT2D eigenvalue weighted by molar-refractivity contribution is 0.0278. The van der Waals surface area contributed by atoms with Gasteiger partial charge in [-0.1, -0.05) is 29.8 Å². The number of halogens is 1. The van der Waals surface area contributed by atoms with Crippen LogP contribution in [-0.4, -0.2) is 44.1 Å². The fourth-order valence-electron chi connectivity index (χ4n) is 1.63. The minimum Gasteiger partial charge on any atom is -0.389 e. The third-order valence-corrected chi connectivity index (χ3v) is 3.01. The van der Waals surface area contributed by atoms with E-state index in [1.165, 1.54) is 0 Å². The summed E-state index contributed by atoms with van der Waals surface area (Å²) in [5.74, 6) is 0. The molecule has 118 valence electrons. The van der Waals surface area contributed by atoms with Gasteiger partial charge in [0, 0.05) is 18.1 Å². The van der Waals surface area contributed by atoms with Crippen LogP contribution in [0, 0.1) is 0 Å². The number of nitrogens with one attached hydrogen (secondary N) is 1. The van der Waals surface area contributed by atoms with Crippen molar-refractivity contribution in [2.75, 3.05) is 32.9 Å². The lowest BCUT2D eigenvalue weighted by Crippen LogP contribution is -2.32. The van der Waals surface area contributed by atoms with Crippen LogP contribution < -0.4 is 5.32 Å². The van der Waals surface area contributed by atoms with Gasteiger partial charge in [0.1, 0.15) is 0 Å². The Kier molecular flexibility index (Phi) is 10.1. The Morgan fingerprint density at radius 1 is 1.24 bits per heavy atom. The van der Waals surface area contributed by atoms with Crippen LogP contribution in [0.1, 0.15) is 12.0 Å². The summed E-state index contributed by atoms with van der Waals surface area (Å²) in [5.41, 5.74) is 1.04. The molecule has 0 aliphatic rings. The maximum absolute atomic E-state index is 9.75. The third-order valence-electron chi connectivity index (χ3n) is 2.76. The number of aliphatic hydroxyl groups is 1. The maximum Gasteiger partial charge on any atom is 0.0897 e. The van der Waals surface area contributed by atoms with E-state index in [2.05, 4.69) is 11.9 Å². The summed E-state index contributed by atoms with van der Waals surface area (Å²) in [7, 11) is 0. The zero-order valence-corrected chi connectivity index (χ0v) is 13.0. The SMILES string of the molecule is C=CCCOCCNCC(O)COCc1ccc(Cl)cc1. The molecular formula is C16H24ClNO3. The number of aliphatic hydroxyl groups excluding tert-OH is 1. The highest BCUT2D eigenvalue weighted by Crippen LogP contribution is 2.10. The van der Waals surface area contributed by atoms with Crippen molar-refractivity contribution in [1.29, 1.82) is 0 Å². The van der Waals surface area contributed by atoms with E-state index < -0.39 is 6.10 Å². The number of hydrogen-bond acceptors (Lipinski definition) is 4. The Morgan fingerprint density at radius 2 is 2.00 bits per heavy atom. The third kappa shape index (κ3) is 9.61. The summed E-state index contributed by atoms with van der Waals surface area (Å²) in [6.07, 6.45) is 2.17. The van der Waals surface area contributed by atoms with Gasteiger partial charge < -0.3 is 19.9 Å². The van der Waals surface area contributed by atoms with Crippen LogP contribution in [0.4, 0.5) is 0 Å². The van der Waals surface area contributed by atoms with E-state index in [0.717, 1.165) is 12.0 Å². The highest BCUT2D eigenvalue weighted by molar-refractivity contribution is 6.30. The predicted molar refractivity (Wildman–Crippen MR) is 85.6 cm³/mol. The molecule has 0 saturated heterocycles. The zero-order chi connectivity index (χ0) is 15.3. The highest BCUT2D eigenvalue weighted by Gasteiger charge is 2.03. The van der Waals surface area contributed by atoms with Crippen LogP contribution in [0.5, 0.6) is 0 Å². The molecule has 0 saturated carbocycles. The van der Waals surface area contributed by atoms with E-state index in [1.54, 1.807) is 0 Å². The van der Waals surface area contributed by atoms with Crippen LogP contribution >= 0.6 is 11.6 Å². The first-order valence-electron chi connectivity index (χ1n) is 7.12. The van der Waals surface area contributed by atoms with Crippen molar-refractivity contribution in [2.45, 2.75) is 19.1 Å². The van der Waals surface area contributed by atoms with Gasteiger partial charge in [0.25, 0.3) is 0 Å². The number of benzene rings is 1. The van der Waals surface area contributed by atoms with E-state index in [4.69, 9.17) is 21.1 Å². The summed E-state index contributed by atoms with van der Waals surface area (Å²) in [6.45, 7) is 6.92. The zero-order valence-electron chi connectivity index (χ0n) is 12.3. The van der Waals surface area contributed by atoms with Gasteiger partial charge in [-0.25, -0.2) is 0 Å². The van der Waals surface area contributed by atoms with Crippen LogP contribution in [0.15, 0.2) is 36.9 Å². The fourth-order valence-corrected chi connectivity index (χ4v) is 1.76. The lowest BCUT2D eigenvalue weighted by Gasteiger charge is -2.12. The van der Waals surface area contributed by atoms with Crippen LogP contribution in [0.3, 0.4) is 0 Å². The minimum atomic E-state index is -0.523. The van der Waals surface area contributed by atoms with E-state index in [1.807, 2.05) is 30.3 Å². The first-order valence-corrected chi connectivity index (χ1v) is 7.49. The maximum atomic E-state index is 9.75. The smallest absolute Gasteiger partial charge is 0.0897 e. The molecule has 0 heterocycles. The van der Waals surface area contributed by atoms with Crippen molar-refractivity contribution in [1.82, 2.24) is 5.32 Å². The van der Waals surface area contributed by atoms with Crippen molar-refractivity contribution < 1.29 is 14.6 Å². The molecule has 1 aromatic carbocycles. The summed E-state index contributed by atoms with van der Waals surface area (Å²) < 4.78 is 10.8. The summed E-state index contributed by atoms with van der Waals surface area (Å²) in [5, 5.41) is 13.6. The molecule has 21 heavy (non-hydrogen) atoms. The molecule has 0 radical (unpaired) electrons. The fraction of sp³-hybridized carbons (Fsp3) is 0.500. The van der Waals surface area contributed by atoms with E-state index >= 15 is 0 Å². The number of ether oxygens (including phenoxy) is 2. The van der Waals surface area contributed by atoms with Crippen molar-refractivity contribution in [3.05, 3.63) is 47.5 Å². The van der Waals surface area contributed by atoms with Gasteiger partial charge in [-0.3, -0.25) is 0 Å². The van der Waals surface area contributed by atoms with Gasteiger partial charge in [0.15, 0.2) is 0 Å². The Balaban J connectivity index is 1.97. The molecule has 0 amide bonds. The Labute approximate surface area is 131 Å². The molecule has 5 heteroatoms. The molecule has 2 N–H and O–H groups in total. The first-order chi connectivity index (χ1) is 10.2. The summed E-state index contributed by atoms with van der Waals surface area (Å²) in [6, 6.07) is 7.47. The van der Waals surface area contributed by atoms with Gasteiger partial charge in [-0.15, -0.1) is 6.58 Å². The van der Waals surface area contributed by atoms with Crippen molar-refractivity contribution in [3.63, 3.8) is 0 Å². The van der Waals surface area contributed by atoms with Crippen LogP contribution in [0.25, 0.3) is 0 Å². The van der Waals surface area contributed by atoms with Crippen molar-refractivity contribution in [3.8, 4) is 0 Å². The van der Waals surface area contributed by atoms with Crippen LogP contribution in [0.2, 0.25) is 5.02 Å². The van der Waals surface area contributed by atoms with Gasteiger partial charge in [0.05, 0.1) is 32.5 Å². The van der Waals surface area contributed by atoms with Gasteiger partial charge >= 0.3 is 0 Å². The minimum absolute atomic E-state index is 0.299. The molecular weight excluding hydrogens is 290 g/mol. The molecule has 0 aromatic heterocycles. The number of hydrogen-bond donors (Lipinski definition) is 2. The van der Waals surface area contributed by atoms with E-state index in [9.17, 15) is 5.11 Å². The van der Waals surface area contributed by atoms with E-state index in [0.29, 0.717) is 44.5 Å². The second kappa shape index (κ2) is 11.7. The second-order valence-corrected chi connectivity index (χ2v) is 5.13. The average Bonchev–Trinajstić information content (AvgIpc) is 2.48. The molecule has 0 bridgehead atoms. The topological polar surface area (TPSA) is 50.7 Å². The van der Waals surface area contributed by atoms with Crippen LogP contribution in [-0.2, 0) is 16.1 Å². The quantitative estimate of drug-likeness (QED) is 0.459. The van der Waals surface area contributed by atoms with Gasteiger partial charge in [-0.2, -0.15) is 0 Å². The predicted octanol–water partition coefficient (Wildman–Crippen LogP) is 2.40. The molecule has 1 unspecified atom stereocenters. The molecule has 4 nitrogen and oxygen atoms in total. The molecule has 0 spiro atoms. The summed E-state index contributed by atoms with van der Waals surface area (Å²) >= 11 is 5.80. The lowest BCUT2D eigenvalue weighted by atomic mass is 10.2. The average molecular weight is 314 g/mol. The molecule has 0 aliphatic carbocycles. The number of rotatable bonds is 12. The van der Waals surface area contributed by atoms with Gasteiger partial charge in [-0.05, 0) is 24.1 Å². The monoisotopic (exact) mass is 313 g/mol. The molecule has 1 aromatic rings. The molecule has 0 aliphatic heterocycles. The highest BCUT2D eigenvalue weighted by atomic mass is 35.5. The van der Waals surface area contributed by atoms with Crippen molar-refractivity contribution in [2.24, 2.45) is 0 Å². The second-order valence-electron chi connectivity index (χ2n) is 4.69. The molecule has 0 fully saturated rings. The first kappa shape index (κ1) is 18.1. The molecule has 1 rings (SSSR count). The largest absolute Gasteiger partial charge is 0.389 e.